The first kappa shape index (κ1) is 20.0. The summed E-state index contributed by atoms with van der Waals surface area (Å²) in [7, 11) is -2.93. The quantitative estimate of drug-likeness (QED) is 0.415. The van der Waals surface area contributed by atoms with E-state index in [4.69, 9.17) is 4.74 Å². The Morgan fingerprint density at radius 3 is 2.43 bits per heavy atom. The van der Waals surface area contributed by atoms with E-state index >= 15 is 4.39 Å². The zero-order chi connectivity index (χ0) is 21.5. The highest BCUT2D eigenvalue weighted by Crippen LogP contribution is 2.39. The van der Waals surface area contributed by atoms with E-state index in [2.05, 4.69) is 4.98 Å². The Labute approximate surface area is 172 Å². The van der Waals surface area contributed by atoms with E-state index in [1.54, 1.807) is 48.5 Å². The molecule has 0 radical (unpaired) electrons. The van der Waals surface area contributed by atoms with Gasteiger partial charge in [0.1, 0.15) is 16.5 Å². The maximum Gasteiger partial charge on any atom is 0.233 e. The lowest BCUT2D eigenvalue weighted by Gasteiger charge is -2.15. The van der Waals surface area contributed by atoms with Crippen molar-refractivity contribution in [1.29, 1.82) is 0 Å². The van der Waals surface area contributed by atoms with Gasteiger partial charge in [0, 0.05) is 10.9 Å². The van der Waals surface area contributed by atoms with Crippen LogP contribution in [0.5, 0.6) is 5.75 Å². The first-order valence-electron chi connectivity index (χ1n) is 9.07. The number of hydrogen-bond donors (Lipinski definition) is 0. The Hall–Kier alpha value is -3.32. The second-order valence-corrected chi connectivity index (χ2v) is 8.66. The van der Waals surface area contributed by atoms with Crippen molar-refractivity contribution in [1.82, 2.24) is 4.98 Å². The van der Waals surface area contributed by atoms with Gasteiger partial charge in [0.2, 0.25) is 15.8 Å². The third-order valence-corrected chi connectivity index (χ3v) is 6.67. The number of hydrogen-bond acceptors (Lipinski definition) is 4. The Morgan fingerprint density at radius 2 is 1.70 bits per heavy atom. The van der Waals surface area contributed by atoms with Crippen LogP contribution < -0.4 is 4.74 Å². The van der Waals surface area contributed by atoms with Gasteiger partial charge in [-0.2, -0.15) is 4.39 Å². The molecule has 0 fully saturated rings. The second-order valence-electron chi connectivity index (χ2n) is 6.77. The van der Waals surface area contributed by atoms with Crippen molar-refractivity contribution in [3.05, 3.63) is 84.1 Å². The van der Waals surface area contributed by atoms with Crippen molar-refractivity contribution in [2.24, 2.45) is 0 Å². The molecule has 3 aromatic carbocycles. The van der Waals surface area contributed by atoms with Crippen molar-refractivity contribution in [2.45, 2.75) is 16.7 Å². The highest BCUT2D eigenvalue weighted by molar-refractivity contribution is 7.91. The maximum absolute atomic E-state index is 15.2. The Bertz CT molecular complexity index is 1380. The molecule has 4 nitrogen and oxygen atoms in total. The van der Waals surface area contributed by atoms with Crippen LogP contribution in [0.3, 0.4) is 0 Å². The molecule has 0 saturated heterocycles. The molecule has 1 aromatic heterocycles. The summed E-state index contributed by atoms with van der Waals surface area (Å²) < 4.78 is 61.4. The number of halogens is 2. The Morgan fingerprint density at radius 1 is 0.933 bits per heavy atom. The average molecular weight is 425 g/mol. The molecule has 0 amide bonds. The van der Waals surface area contributed by atoms with Gasteiger partial charge < -0.3 is 4.74 Å². The first-order valence-corrected chi connectivity index (χ1v) is 10.5. The molecule has 1 heterocycles. The summed E-state index contributed by atoms with van der Waals surface area (Å²) in [6.07, 6.45) is 0. The fraction of sp³-hybridized carbons (Fsp3) is 0.0870. The smallest absolute Gasteiger partial charge is 0.233 e. The Balaban J connectivity index is 2.11. The lowest BCUT2D eigenvalue weighted by molar-refractivity contribution is 0.415. The monoisotopic (exact) mass is 425 g/mol. The molecule has 0 aliphatic heterocycles. The van der Waals surface area contributed by atoms with Gasteiger partial charge in [0.25, 0.3) is 0 Å². The van der Waals surface area contributed by atoms with Crippen LogP contribution in [-0.2, 0) is 9.84 Å². The lowest BCUT2D eigenvalue weighted by Crippen LogP contribution is -2.10. The maximum atomic E-state index is 15.2. The van der Waals surface area contributed by atoms with Crippen LogP contribution in [0, 0.1) is 18.7 Å². The molecule has 0 saturated carbocycles. The van der Waals surface area contributed by atoms with E-state index in [1.807, 2.05) is 0 Å². The van der Waals surface area contributed by atoms with Gasteiger partial charge in [-0.3, -0.25) is 0 Å². The van der Waals surface area contributed by atoms with Gasteiger partial charge >= 0.3 is 0 Å². The van der Waals surface area contributed by atoms with Crippen LogP contribution in [0.2, 0.25) is 0 Å². The minimum absolute atomic E-state index is 0.151. The van der Waals surface area contributed by atoms with Crippen molar-refractivity contribution in [3.63, 3.8) is 0 Å². The highest BCUT2D eigenvalue weighted by atomic mass is 32.2. The molecular weight excluding hydrogens is 408 g/mol. The summed E-state index contributed by atoms with van der Waals surface area (Å²) in [6.45, 7) is 1.52. The van der Waals surface area contributed by atoms with E-state index in [0.29, 0.717) is 27.8 Å². The minimum Gasteiger partial charge on any atom is -0.497 e. The number of benzene rings is 3. The predicted molar refractivity (Wildman–Crippen MR) is 110 cm³/mol. The van der Waals surface area contributed by atoms with E-state index in [-0.39, 0.29) is 10.5 Å². The topological polar surface area (TPSA) is 56.3 Å². The van der Waals surface area contributed by atoms with Gasteiger partial charge in [0.15, 0.2) is 0 Å². The van der Waals surface area contributed by atoms with Crippen LogP contribution in [0.15, 0.2) is 76.5 Å². The lowest BCUT2D eigenvalue weighted by atomic mass is 10.0. The fourth-order valence-electron chi connectivity index (χ4n) is 3.33. The number of ether oxygens (including phenoxy) is 1. The van der Waals surface area contributed by atoms with Crippen molar-refractivity contribution >= 4 is 20.7 Å². The highest BCUT2D eigenvalue weighted by Gasteiger charge is 2.30. The van der Waals surface area contributed by atoms with Crippen LogP contribution in [0.25, 0.3) is 22.0 Å². The fourth-order valence-corrected chi connectivity index (χ4v) is 4.84. The molecule has 0 spiro atoms. The molecule has 4 rings (SSSR count). The number of sulfone groups is 1. The van der Waals surface area contributed by atoms with Crippen LogP contribution in [0.1, 0.15) is 5.56 Å². The normalized spacial score (nSPS) is 11.6. The van der Waals surface area contributed by atoms with Crippen LogP contribution in [-0.4, -0.2) is 20.5 Å². The molecule has 4 aromatic rings. The summed E-state index contributed by atoms with van der Waals surface area (Å²) in [5, 5.41) is 0.457. The van der Waals surface area contributed by atoms with Gasteiger partial charge in [0.05, 0.1) is 17.5 Å². The van der Waals surface area contributed by atoms with E-state index < -0.39 is 26.5 Å². The van der Waals surface area contributed by atoms with Crippen LogP contribution in [0.4, 0.5) is 8.78 Å². The average Bonchev–Trinajstić information content (AvgIpc) is 2.74. The molecule has 30 heavy (non-hydrogen) atoms. The van der Waals surface area contributed by atoms with Crippen molar-refractivity contribution < 1.29 is 21.9 Å². The standard InChI is InChI=1S/C23H17F2NO3S/c1-14-10-11-17(13-19(14)24)30(27,28)22-21(15-6-5-7-16(12-15)29-2)18-8-3-4-9-20(18)26-23(22)25/h3-13H,1-2H3. The predicted octanol–water partition coefficient (Wildman–Crippen LogP) is 5.33. The number of rotatable bonds is 4. The summed E-state index contributed by atoms with van der Waals surface area (Å²) >= 11 is 0. The van der Waals surface area contributed by atoms with Gasteiger partial charge in [-0.25, -0.2) is 17.8 Å². The molecule has 152 valence electrons. The number of aromatic nitrogens is 1. The molecule has 0 atom stereocenters. The number of fused-ring (bicyclic) bond motifs is 1. The minimum atomic E-state index is -4.42. The number of para-hydroxylation sites is 1. The molecule has 0 aliphatic rings. The number of aryl methyl sites for hydroxylation is 1. The van der Waals surface area contributed by atoms with Crippen molar-refractivity contribution in [2.75, 3.05) is 7.11 Å². The van der Waals surface area contributed by atoms with E-state index in [9.17, 15) is 12.8 Å². The van der Waals surface area contributed by atoms with Crippen LogP contribution >= 0.6 is 0 Å². The zero-order valence-corrected chi connectivity index (χ0v) is 17.0. The second kappa shape index (κ2) is 7.50. The molecular formula is C23H17F2NO3S. The van der Waals surface area contributed by atoms with Gasteiger partial charge in [-0.1, -0.05) is 36.4 Å². The first-order chi connectivity index (χ1) is 14.3. The SMILES string of the molecule is COc1cccc(-c2c(S(=O)(=O)c3ccc(C)c(F)c3)c(F)nc3ccccc23)c1. The number of pyridine rings is 1. The molecule has 0 N–H and O–H groups in total. The summed E-state index contributed by atoms with van der Waals surface area (Å²) in [5.74, 6) is -1.35. The summed E-state index contributed by atoms with van der Waals surface area (Å²) in [6, 6.07) is 16.9. The number of methoxy groups -OCH3 is 1. The molecule has 0 aliphatic carbocycles. The number of nitrogens with zero attached hydrogens (tertiary/aromatic N) is 1. The van der Waals surface area contributed by atoms with Gasteiger partial charge in [-0.15, -0.1) is 0 Å². The van der Waals surface area contributed by atoms with E-state index in [1.165, 1.54) is 26.2 Å². The van der Waals surface area contributed by atoms with Crippen molar-refractivity contribution in [3.8, 4) is 16.9 Å². The summed E-state index contributed by atoms with van der Waals surface area (Å²) in [4.78, 5) is 2.92. The third-order valence-electron chi connectivity index (χ3n) is 4.89. The van der Waals surface area contributed by atoms with Gasteiger partial charge in [-0.05, 0) is 48.4 Å². The Kier molecular flexibility index (Phi) is 4.99. The van der Waals surface area contributed by atoms with E-state index in [0.717, 1.165) is 6.07 Å². The summed E-state index contributed by atoms with van der Waals surface area (Å²) in [5.41, 5.74) is 1.19. The largest absolute Gasteiger partial charge is 0.497 e. The third kappa shape index (κ3) is 3.31. The molecule has 0 unspecified atom stereocenters. The molecule has 0 bridgehead atoms. The zero-order valence-electron chi connectivity index (χ0n) is 16.2. The molecule has 7 heteroatoms.